The Morgan fingerprint density at radius 3 is 2.90 bits per heavy atom. The van der Waals surface area contributed by atoms with Crippen LogP contribution in [0.1, 0.15) is 24.7 Å². The average molecular weight is 138 g/mol. The van der Waals surface area contributed by atoms with Gasteiger partial charge < -0.3 is 4.52 Å². The van der Waals surface area contributed by atoms with E-state index in [0.29, 0.717) is 18.7 Å². The fraction of sp³-hybridized carbons (Fsp3) is 0.500. The molecule has 0 spiro atoms. The predicted molar refractivity (Wildman–Crippen MR) is 31.3 cm³/mol. The number of carbonyl (C=O) groups is 1. The molecule has 1 aromatic heterocycles. The van der Waals surface area contributed by atoms with Crippen LogP contribution in [0.15, 0.2) is 10.9 Å². The zero-order chi connectivity index (χ0) is 6.97. The monoisotopic (exact) mass is 138 g/mol. The molecule has 0 aromatic carbocycles. The van der Waals surface area contributed by atoms with Crippen LogP contribution in [0.3, 0.4) is 0 Å². The summed E-state index contributed by atoms with van der Waals surface area (Å²) >= 11 is 0. The van der Waals surface area contributed by atoms with Gasteiger partial charge in [0.15, 0.2) is 6.33 Å². The van der Waals surface area contributed by atoms with E-state index in [1.54, 1.807) is 0 Å². The minimum atomic E-state index is 0.204. The normalized spacial score (nSPS) is 19.0. The molecule has 0 amide bonds. The zero-order valence-corrected chi connectivity index (χ0v) is 5.28. The first-order valence-corrected chi connectivity index (χ1v) is 3.14. The second-order valence-corrected chi connectivity index (χ2v) is 2.42. The van der Waals surface area contributed by atoms with Crippen molar-refractivity contribution >= 4 is 5.78 Å². The van der Waals surface area contributed by atoms with E-state index in [4.69, 9.17) is 4.52 Å². The third-order valence-corrected chi connectivity index (χ3v) is 1.68. The lowest BCUT2D eigenvalue weighted by molar-refractivity contribution is -0.125. The molecule has 0 N–H and O–H groups in total. The highest BCUT2D eigenvalue weighted by Gasteiger charge is 2.31. The summed E-state index contributed by atoms with van der Waals surface area (Å²) in [5.41, 5.74) is 0. The Kier molecular flexibility index (Phi) is 1.06. The quantitative estimate of drug-likeness (QED) is 0.567. The highest BCUT2D eigenvalue weighted by molar-refractivity contribution is 5.85. The van der Waals surface area contributed by atoms with Crippen molar-refractivity contribution in [2.45, 2.75) is 18.8 Å². The summed E-state index contributed by atoms with van der Waals surface area (Å²) in [6, 6.07) is 0. The van der Waals surface area contributed by atoms with E-state index in [1.165, 1.54) is 6.33 Å². The van der Waals surface area contributed by atoms with Crippen molar-refractivity contribution in [1.82, 2.24) is 10.1 Å². The van der Waals surface area contributed by atoms with Crippen LogP contribution < -0.4 is 0 Å². The largest absolute Gasteiger partial charge is 0.339 e. The number of rotatable bonds is 1. The second kappa shape index (κ2) is 1.90. The maximum atomic E-state index is 10.5. The number of hydrogen-bond donors (Lipinski definition) is 0. The topological polar surface area (TPSA) is 56.0 Å². The van der Waals surface area contributed by atoms with Gasteiger partial charge >= 0.3 is 0 Å². The fourth-order valence-corrected chi connectivity index (χ4v) is 1.03. The van der Waals surface area contributed by atoms with Gasteiger partial charge in [0, 0.05) is 12.8 Å². The maximum absolute atomic E-state index is 10.5. The fourth-order valence-electron chi connectivity index (χ4n) is 1.03. The molecule has 1 heterocycles. The molecule has 0 saturated heterocycles. The van der Waals surface area contributed by atoms with Crippen LogP contribution in [-0.4, -0.2) is 15.9 Å². The molecule has 2 rings (SSSR count). The van der Waals surface area contributed by atoms with E-state index in [-0.39, 0.29) is 11.7 Å². The summed E-state index contributed by atoms with van der Waals surface area (Å²) < 4.78 is 4.77. The van der Waals surface area contributed by atoms with E-state index in [9.17, 15) is 4.79 Å². The summed E-state index contributed by atoms with van der Waals surface area (Å²) in [5.74, 6) is 1.08. The van der Waals surface area contributed by atoms with Gasteiger partial charge in [-0.1, -0.05) is 5.16 Å². The first-order valence-electron chi connectivity index (χ1n) is 3.14. The minimum absolute atomic E-state index is 0.204. The molecule has 1 aliphatic carbocycles. The molecule has 0 unspecified atom stereocenters. The van der Waals surface area contributed by atoms with Crippen LogP contribution in [-0.2, 0) is 4.79 Å². The van der Waals surface area contributed by atoms with E-state index in [2.05, 4.69) is 10.1 Å². The number of ketones is 1. The Labute approximate surface area is 57.2 Å². The summed E-state index contributed by atoms with van der Waals surface area (Å²) in [7, 11) is 0. The molecule has 1 fully saturated rings. The van der Waals surface area contributed by atoms with E-state index in [0.717, 1.165) is 0 Å². The van der Waals surface area contributed by atoms with Crippen LogP contribution in [0.25, 0.3) is 0 Å². The molecule has 0 bridgehead atoms. The van der Waals surface area contributed by atoms with Gasteiger partial charge in [0.1, 0.15) is 5.78 Å². The van der Waals surface area contributed by atoms with E-state index in [1.807, 2.05) is 0 Å². The molecule has 10 heavy (non-hydrogen) atoms. The van der Waals surface area contributed by atoms with E-state index < -0.39 is 0 Å². The molecule has 0 atom stereocenters. The highest BCUT2D eigenvalue weighted by Crippen LogP contribution is 2.31. The lowest BCUT2D eigenvalue weighted by atomic mass is 9.84. The number of Topliss-reactive ketones (excluding diaryl/α,β-unsaturated/α-hetero) is 1. The van der Waals surface area contributed by atoms with Crippen molar-refractivity contribution in [3.63, 3.8) is 0 Å². The van der Waals surface area contributed by atoms with Gasteiger partial charge in [0.25, 0.3) is 0 Å². The molecule has 4 heteroatoms. The number of nitrogens with zero attached hydrogens (tertiary/aromatic N) is 2. The van der Waals surface area contributed by atoms with Crippen LogP contribution in [0.4, 0.5) is 0 Å². The molecule has 1 saturated carbocycles. The lowest BCUT2D eigenvalue weighted by Crippen LogP contribution is -2.21. The lowest BCUT2D eigenvalue weighted by Gasteiger charge is -2.18. The van der Waals surface area contributed by atoms with Crippen LogP contribution in [0.5, 0.6) is 0 Å². The molecule has 0 aliphatic heterocycles. The minimum Gasteiger partial charge on any atom is -0.339 e. The van der Waals surface area contributed by atoms with Gasteiger partial charge in [-0.2, -0.15) is 4.98 Å². The summed E-state index contributed by atoms with van der Waals surface area (Å²) in [6.07, 6.45) is 2.50. The first-order chi connectivity index (χ1) is 4.86. The molecule has 1 aromatic rings. The number of carbonyl (C=O) groups excluding carboxylic acids is 1. The Balaban J connectivity index is 2.10. The summed E-state index contributed by atoms with van der Waals surface area (Å²) in [5, 5.41) is 3.45. The van der Waals surface area contributed by atoms with Crippen molar-refractivity contribution < 1.29 is 9.32 Å². The van der Waals surface area contributed by atoms with Crippen molar-refractivity contribution in [3.8, 4) is 0 Å². The SMILES string of the molecule is O=C1CC(c2ncno2)C1. The number of aromatic nitrogens is 2. The average Bonchev–Trinajstić information content (AvgIpc) is 2.31. The third kappa shape index (κ3) is 0.725. The van der Waals surface area contributed by atoms with Gasteiger partial charge in [-0.15, -0.1) is 0 Å². The Bertz CT molecular complexity index is 234. The van der Waals surface area contributed by atoms with Crippen LogP contribution in [0, 0.1) is 0 Å². The van der Waals surface area contributed by atoms with Crippen molar-refractivity contribution in [2.75, 3.05) is 0 Å². The van der Waals surface area contributed by atoms with Gasteiger partial charge in [-0.3, -0.25) is 4.79 Å². The van der Waals surface area contributed by atoms with E-state index >= 15 is 0 Å². The van der Waals surface area contributed by atoms with Gasteiger partial charge in [-0.25, -0.2) is 0 Å². The third-order valence-electron chi connectivity index (χ3n) is 1.68. The molecule has 4 nitrogen and oxygen atoms in total. The van der Waals surface area contributed by atoms with Crippen LogP contribution >= 0.6 is 0 Å². The smallest absolute Gasteiger partial charge is 0.230 e. The second-order valence-electron chi connectivity index (χ2n) is 2.42. The predicted octanol–water partition coefficient (Wildman–Crippen LogP) is 0.516. The molecule has 52 valence electrons. The molecular formula is C6H6N2O2. The highest BCUT2D eigenvalue weighted by atomic mass is 16.5. The Morgan fingerprint density at radius 2 is 2.40 bits per heavy atom. The molecule has 0 radical (unpaired) electrons. The Morgan fingerprint density at radius 1 is 1.60 bits per heavy atom. The van der Waals surface area contributed by atoms with Gasteiger partial charge in [0.2, 0.25) is 5.89 Å². The van der Waals surface area contributed by atoms with Gasteiger partial charge in [0.05, 0.1) is 5.92 Å². The van der Waals surface area contributed by atoms with Crippen LogP contribution in [0.2, 0.25) is 0 Å². The zero-order valence-electron chi connectivity index (χ0n) is 5.28. The summed E-state index contributed by atoms with van der Waals surface area (Å²) in [4.78, 5) is 14.4. The maximum Gasteiger partial charge on any atom is 0.230 e. The van der Waals surface area contributed by atoms with Crippen molar-refractivity contribution in [3.05, 3.63) is 12.2 Å². The standard InChI is InChI=1S/C6H6N2O2/c9-5-1-4(2-5)6-7-3-8-10-6/h3-4H,1-2H2. The number of hydrogen-bond acceptors (Lipinski definition) is 4. The first kappa shape index (κ1) is 5.58. The van der Waals surface area contributed by atoms with Crippen molar-refractivity contribution in [1.29, 1.82) is 0 Å². The Hall–Kier alpha value is -1.19. The summed E-state index contributed by atoms with van der Waals surface area (Å²) in [6.45, 7) is 0. The molecular weight excluding hydrogens is 132 g/mol. The molecule has 1 aliphatic rings. The van der Waals surface area contributed by atoms with Crippen molar-refractivity contribution in [2.24, 2.45) is 0 Å². The van der Waals surface area contributed by atoms with Gasteiger partial charge in [-0.05, 0) is 0 Å².